The molecular formula is C22H23ClFN3O. The maximum absolute atomic E-state index is 13.3. The fourth-order valence-electron chi connectivity index (χ4n) is 3.79. The first-order chi connectivity index (χ1) is 13.5. The van der Waals surface area contributed by atoms with Gasteiger partial charge in [0, 0.05) is 37.0 Å². The molecule has 1 fully saturated rings. The van der Waals surface area contributed by atoms with E-state index in [9.17, 15) is 4.39 Å². The Hall–Kier alpha value is -2.21. The minimum Gasteiger partial charge on any atom is -0.373 e. The van der Waals surface area contributed by atoms with E-state index in [4.69, 9.17) is 21.4 Å². The van der Waals surface area contributed by atoms with Crippen molar-refractivity contribution in [2.45, 2.75) is 32.6 Å². The molecule has 0 unspecified atom stereocenters. The van der Waals surface area contributed by atoms with Gasteiger partial charge in [-0.25, -0.2) is 9.07 Å². The fourth-order valence-corrected chi connectivity index (χ4v) is 4.01. The van der Waals surface area contributed by atoms with Gasteiger partial charge < -0.3 is 4.74 Å². The molecule has 0 saturated carbocycles. The van der Waals surface area contributed by atoms with Crippen LogP contribution < -0.4 is 0 Å². The molecule has 3 aromatic rings. The van der Waals surface area contributed by atoms with Crippen LogP contribution >= 0.6 is 11.6 Å². The highest BCUT2D eigenvalue weighted by Gasteiger charge is 2.24. The van der Waals surface area contributed by atoms with Crippen molar-refractivity contribution in [2.75, 3.05) is 13.1 Å². The van der Waals surface area contributed by atoms with Crippen LogP contribution in [0.3, 0.4) is 0 Å². The SMILES string of the molecule is C[C@@H]1CN(Cc2cn(-c3ccc(F)cc3)nc2-c2ccccc2Cl)C[C@H](C)O1. The summed E-state index contributed by atoms with van der Waals surface area (Å²) in [5.74, 6) is -0.265. The van der Waals surface area contributed by atoms with E-state index in [2.05, 4.69) is 18.7 Å². The van der Waals surface area contributed by atoms with Crippen molar-refractivity contribution in [3.63, 3.8) is 0 Å². The first-order valence-corrected chi connectivity index (χ1v) is 9.84. The van der Waals surface area contributed by atoms with E-state index in [0.717, 1.165) is 42.1 Å². The van der Waals surface area contributed by atoms with Gasteiger partial charge in [-0.2, -0.15) is 5.10 Å². The normalized spacial score (nSPS) is 20.4. The number of nitrogens with zero attached hydrogens (tertiary/aromatic N) is 3. The zero-order valence-electron chi connectivity index (χ0n) is 16.0. The number of hydrogen-bond donors (Lipinski definition) is 0. The highest BCUT2D eigenvalue weighted by Crippen LogP contribution is 2.31. The summed E-state index contributed by atoms with van der Waals surface area (Å²) in [6.45, 7) is 6.68. The summed E-state index contributed by atoms with van der Waals surface area (Å²) in [7, 11) is 0. The number of rotatable bonds is 4. The van der Waals surface area contributed by atoms with E-state index in [1.165, 1.54) is 12.1 Å². The molecule has 4 nitrogen and oxygen atoms in total. The van der Waals surface area contributed by atoms with Crippen LogP contribution in [0.25, 0.3) is 16.9 Å². The first-order valence-electron chi connectivity index (χ1n) is 9.47. The standard InChI is InChI=1S/C22H23ClFN3O/c1-15-11-26(12-16(2)28-15)13-17-14-27(19-9-7-18(24)8-10-19)25-22(17)20-5-3-4-6-21(20)23/h3-10,14-16H,11-13H2,1-2H3/t15-,16+. The Morgan fingerprint density at radius 1 is 1.07 bits per heavy atom. The van der Waals surface area contributed by atoms with E-state index in [1.807, 2.05) is 30.5 Å². The zero-order chi connectivity index (χ0) is 19.7. The second kappa shape index (κ2) is 8.03. The van der Waals surface area contributed by atoms with E-state index in [-0.39, 0.29) is 18.0 Å². The number of ether oxygens (including phenoxy) is 1. The molecular weight excluding hydrogens is 377 g/mol. The average Bonchev–Trinajstić information content (AvgIpc) is 3.05. The molecule has 0 bridgehead atoms. The van der Waals surface area contributed by atoms with Crippen molar-refractivity contribution in [1.29, 1.82) is 0 Å². The molecule has 0 aliphatic carbocycles. The van der Waals surface area contributed by atoms with Crippen LogP contribution in [0.1, 0.15) is 19.4 Å². The van der Waals surface area contributed by atoms with Gasteiger partial charge in [0.2, 0.25) is 0 Å². The molecule has 1 aliphatic rings. The number of halogens is 2. The van der Waals surface area contributed by atoms with Crippen LogP contribution in [-0.2, 0) is 11.3 Å². The molecule has 0 amide bonds. The molecule has 0 N–H and O–H groups in total. The summed E-state index contributed by atoms with van der Waals surface area (Å²) in [5.41, 5.74) is 3.64. The molecule has 4 rings (SSSR count). The van der Waals surface area contributed by atoms with E-state index < -0.39 is 0 Å². The predicted molar refractivity (Wildman–Crippen MR) is 109 cm³/mol. The molecule has 1 aliphatic heterocycles. The van der Waals surface area contributed by atoms with Gasteiger partial charge in [0.15, 0.2) is 0 Å². The quantitative estimate of drug-likeness (QED) is 0.622. The third-order valence-electron chi connectivity index (χ3n) is 4.90. The summed E-state index contributed by atoms with van der Waals surface area (Å²) in [5, 5.41) is 5.46. The summed E-state index contributed by atoms with van der Waals surface area (Å²) in [6.07, 6.45) is 2.40. The predicted octanol–water partition coefficient (Wildman–Crippen LogP) is 4.94. The van der Waals surface area contributed by atoms with Gasteiger partial charge in [0.1, 0.15) is 5.82 Å². The minimum absolute atomic E-state index is 0.194. The lowest BCUT2D eigenvalue weighted by molar-refractivity contribution is -0.0704. The smallest absolute Gasteiger partial charge is 0.123 e. The summed E-state index contributed by atoms with van der Waals surface area (Å²) >= 11 is 6.46. The third-order valence-corrected chi connectivity index (χ3v) is 5.23. The summed E-state index contributed by atoms with van der Waals surface area (Å²) in [6, 6.07) is 14.1. The molecule has 146 valence electrons. The van der Waals surface area contributed by atoms with Crippen LogP contribution in [-0.4, -0.2) is 40.0 Å². The zero-order valence-corrected chi connectivity index (χ0v) is 16.7. The maximum Gasteiger partial charge on any atom is 0.123 e. The molecule has 6 heteroatoms. The van der Waals surface area contributed by atoms with Crippen LogP contribution in [0.4, 0.5) is 4.39 Å². The van der Waals surface area contributed by atoms with Gasteiger partial charge in [-0.05, 0) is 44.2 Å². The first kappa shape index (κ1) is 19.1. The highest BCUT2D eigenvalue weighted by molar-refractivity contribution is 6.33. The Balaban J connectivity index is 1.73. The van der Waals surface area contributed by atoms with Gasteiger partial charge >= 0.3 is 0 Å². The van der Waals surface area contributed by atoms with Gasteiger partial charge in [0.05, 0.1) is 28.6 Å². The molecule has 28 heavy (non-hydrogen) atoms. The number of aromatic nitrogens is 2. The lowest BCUT2D eigenvalue weighted by atomic mass is 10.1. The Bertz CT molecular complexity index is 947. The Morgan fingerprint density at radius 2 is 1.75 bits per heavy atom. The lowest BCUT2D eigenvalue weighted by Gasteiger charge is -2.35. The Labute approximate surface area is 169 Å². The van der Waals surface area contributed by atoms with Gasteiger partial charge in [0.25, 0.3) is 0 Å². The van der Waals surface area contributed by atoms with Crippen LogP contribution in [0.2, 0.25) is 5.02 Å². The number of hydrogen-bond acceptors (Lipinski definition) is 3. The molecule has 2 heterocycles. The lowest BCUT2D eigenvalue weighted by Crippen LogP contribution is -2.44. The monoisotopic (exact) mass is 399 g/mol. The fraction of sp³-hybridized carbons (Fsp3) is 0.318. The van der Waals surface area contributed by atoms with E-state index in [0.29, 0.717) is 5.02 Å². The van der Waals surface area contributed by atoms with Crippen LogP contribution in [0, 0.1) is 5.82 Å². The third kappa shape index (κ3) is 4.12. The van der Waals surface area contributed by atoms with Crippen molar-refractivity contribution in [3.05, 3.63) is 71.1 Å². The Morgan fingerprint density at radius 3 is 2.43 bits per heavy atom. The van der Waals surface area contributed by atoms with Crippen molar-refractivity contribution in [1.82, 2.24) is 14.7 Å². The van der Waals surface area contributed by atoms with Gasteiger partial charge in [-0.3, -0.25) is 4.90 Å². The van der Waals surface area contributed by atoms with Gasteiger partial charge in [-0.15, -0.1) is 0 Å². The topological polar surface area (TPSA) is 30.3 Å². The van der Waals surface area contributed by atoms with Crippen molar-refractivity contribution in [2.24, 2.45) is 0 Å². The van der Waals surface area contributed by atoms with Gasteiger partial charge in [-0.1, -0.05) is 29.8 Å². The van der Waals surface area contributed by atoms with Crippen LogP contribution in [0.5, 0.6) is 0 Å². The van der Waals surface area contributed by atoms with E-state index >= 15 is 0 Å². The largest absolute Gasteiger partial charge is 0.373 e. The number of morpholine rings is 1. The molecule has 1 aromatic heterocycles. The van der Waals surface area contributed by atoms with Crippen LogP contribution in [0.15, 0.2) is 54.7 Å². The molecule has 0 radical (unpaired) electrons. The molecule has 2 aromatic carbocycles. The summed E-state index contributed by atoms with van der Waals surface area (Å²) < 4.78 is 21.0. The molecule has 1 saturated heterocycles. The second-order valence-electron chi connectivity index (χ2n) is 7.36. The van der Waals surface area contributed by atoms with E-state index in [1.54, 1.807) is 16.8 Å². The van der Waals surface area contributed by atoms with Crippen molar-refractivity contribution < 1.29 is 9.13 Å². The molecule has 0 spiro atoms. The number of benzene rings is 2. The summed E-state index contributed by atoms with van der Waals surface area (Å²) in [4.78, 5) is 2.38. The Kier molecular flexibility index (Phi) is 5.49. The maximum atomic E-state index is 13.3. The van der Waals surface area contributed by atoms with Crippen molar-refractivity contribution in [3.8, 4) is 16.9 Å². The van der Waals surface area contributed by atoms with Crippen molar-refractivity contribution >= 4 is 11.6 Å². The minimum atomic E-state index is -0.265. The highest BCUT2D eigenvalue weighted by atomic mass is 35.5. The molecule has 2 atom stereocenters. The average molecular weight is 400 g/mol. The second-order valence-corrected chi connectivity index (χ2v) is 7.76.